The lowest BCUT2D eigenvalue weighted by molar-refractivity contribution is -0.111. The first-order valence-electron chi connectivity index (χ1n) is 13.8. The maximum Gasteiger partial charge on any atom is 0.256 e. The molecular formula is C33H33N5O. The largest absolute Gasteiger partial charge is 0.381 e. The summed E-state index contributed by atoms with van der Waals surface area (Å²) in [5.74, 6) is -0.102. The highest BCUT2D eigenvalue weighted by molar-refractivity contribution is 6.28. The summed E-state index contributed by atoms with van der Waals surface area (Å²) in [4.78, 5) is 25.1. The average molecular weight is 516 g/mol. The Morgan fingerprint density at radius 3 is 2.54 bits per heavy atom. The lowest BCUT2D eigenvalue weighted by Gasteiger charge is -2.25. The molecule has 0 unspecified atom stereocenters. The zero-order chi connectivity index (χ0) is 26.6. The number of pyridine rings is 2. The van der Waals surface area contributed by atoms with E-state index in [-0.39, 0.29) is 5.91 Å². The van der Waals surface area contributed by atoms with Crippen LogP contribution in [0.3, 0.4) is 0 Å². The fourth-order valence-electron chi connectivity index (χ4n) is 5.56. The van der Waals surface area contributed by atoms with Crippen LogP contribution in [0.25, 0.3) is 16.7 Å². The van der Waals surface area contributed by atoms with E-state index in [4.69, 9.17) is 0 Å². The van der Waals surface area contributed by atoms with Gasteiger partial charge in [-0.2, -0.15) is 0 Å². The number of aromatic nitrogens is 2. The third-order valence-electron chi connectivity index (χ3n) is 7.62. The smallest absolute Gasteiger partial charge is 0.256 e. The van der Waals surface area contributed by atoms with Crippen molar-refractivity contribution in [3.05, 3.63) is 108 Å². The number of rotatable bonds is 7. The van der Waals surface area contributed by atoms with Gasteiger partial charge in [-0.3, -0.25) is 14.8 Å². The lowest BCUT2D eigenvalue weighted by atomic mass is 9.90. The summed E-state index contributed by atoms with van der Waals surface area (Å²) < 4.78 is 0. The Balaban J connectivity index is 1.29. The molecule has 4 aromatic rings. The number of carbonyl (C=O) groups is 1. The second kappa shape index (κ2) is 11.1. The number of nitrogens with zero attached hydrogens (tertiary/aromatic N) is 3. The number of hydrogen-bond donors (Lipinski definition) is 2. The van der Waals surface area contributed by atoms with E-state index >= 15 is 0 Å². The highest BCUT2D eigenvalue weighted by Gasteiger charge is 2.24. The summed E-state index contributed by atoms with van der Waals surface area (Å²) in [6.07, 6.45) is 11.4. The van der Waals surface area contributed by atoms with E-state index in [1.54, 1.807) is 6.20 Å². The van der Waals surface area contributed by atoms with Gasteiger partial charge in [-0.15, -0.1) is 0 Å². The molecule has 2 aromatic heterocycles. The van der Waals surface area contributed by atoms with Crippen LogP contribution in [0.5, 0.6) is 0 Å². The Bertz CT molecular complexity index is 1520. The summed E-state index contributed by atoms with van der Waals surface area (Å²) in [5, 5.41) is 6.65. The Morgan fingerprint density at radius 2 is 1.72 bits per heavy atom. The molecule has 2 N–H and O–H groups in total. The zero-order valence-electron chi connectivity index (χ0n) is 22.3. The van der Waals surface area contributed by atoms with Crippen molar-refractivity contribution in [1.82, 2.24) is 9.97 Å². The van der Waals surface area contributed by atoms with Crippen LogP contribution in [0, 0.1) is 0 Å². The van der Waals surface area contributed by atoms with Crippen molar-refractivity contribution in [2.75, 3.05) is 35.2 Å². The summed E-state index contributed by atoms with van der Waals surface area (Å²) in [7, 11) is 0. The fraction of sp³-hybridized carbons (Fsp3) is 0.242. The van der Waals surface area contributed by atoms with Crippen molar-refractivity contribution >= 4 is 28.5 Å². The van der Waals surface area contributed by atoms with E-state index in [2.05, 4.69) is 68.8 Å². The second-order valence-electron chi connectivity index (χ2n) is 10.3. The Hall–Kier alpha value is -4.45. The molecule has 2 aromatic carbocycles. The molecule has 1 amide bonds. The van der Waals surface area contributed by atoms with E-state index in [1.165, 1.54) is 18.4 Å². The van der Waals surface area contributed by atoms with Crippen LogP contribution in [-0.2, 0) is 11.2 Å². The van der Waals surface area contributed by atoms with Gasteiger partial charge < -0.3 is 15.5 Å². The molecule has 196 valence electrons. The molecule has 0 radical (unpaired) electrons. The molecule has 1 saturated heterocycles. The van der Waals surface area contributed by atoms with Crippen LogP contribution in [0.4, 0.5) is 17.1 Å². The molecule has 0 aliphatic carbocycles. The number of anilines is 3. The highest BCUT2D eigenvalue weighted by Crippen LogP contribution is 2.37. The van der Waals surface area contributed by atoms with Crippen molar-refractivity contribution in [2.45, 2.75) is 32.6 Å². The summed E-state index contributed by atoms with van der Waals surface area (Å²) in [6, 6.07) is 20.8. The molecule has 1 fully saturated rings. The molecule has 2 aliphatic rings. The van der Waals surface area contributed by atoms with Crippen molar-refractivity contribution < 1.29 is 4.79 Å². The third kappa shape index (κ3) is 5.41. The number of benzene rings is 2. The van der Waals surface area contributed by atoms with E-state index < -0.39 is 0 Å². The molecule has 6 heteroatoms. The van der Waals surface area contributed by atoms with Gasteiger partial charge in [-0.05, 0) is 72.2 Å². The Morgan fingerprint density at radius 1 is 0.897 bits per heavy atom. The highest BCUT2D eigenvalue weighted by atomic mass is 16.1. The van der Waals surface area contributed by atoms with E-state index in [0.29, 0.717) is 12.2 Å². The van der Waals surface area contributed by atoms with Crippen molar-refractivity contribution in [3.8, 4) is 11.1 Å². The quantitative estimate of drug-likeness (QED) is 0.292. The normalized spacial score (nSPS) is 14.6. The van der Waals surface area contributed by atoms with Gasteiger partial charge in [0.15, 0.2) is 0 Å². The third-order valence-corrected chi connectivity index (χ3v) is 7.62. The monoisotopic (exact) mass is 515 g/mol. The first-order valence-corrected chi connectivity index (χ1v) is 13.8. The van der Waals surface area contributed by atoms with Crippen LogP contribution in [-0.4, -0.2) is 35.5 Å². The van der Waals surface area contributed by atoms with E-state index in [9.17, 15) is 4.79 Å². The van der Waals surface area contributed by atoms with Crippen LogP contribution in [0.1, 0.15) is 42.9 Å². The molecule has 39 heavy (non-hydrogen) atoms. The maximum atomic E-state index is 13.8. The van der Waals surface area contributed by atoms with Crippen LogP contribution < -0.4 is 15.5 Å². The zero-order valence-corrected chi connectivity index (χ0v) is 22.3. The molecule has 6 rings (SSSR count). The van der Waals surface area contributed by atoms with Gasteiger partial charge in [0.25, 0.3) is 5.91 Å². The molecule has 4 heterocycles. The van der Waals surface area contributed by atoms with Gasteiger partial charge in [0, 0.05) is 54.4 Å². The summed E-state index contributed by atoms with van der Waals surface area (Å²) in [5.41, 5.74) is 9.97. The molecule has 2 aliphatic heterocycles. The number of nitrogens with one attached hydrogen (secondary N) is 2. The van der Waals surface area contributed by atoms with Crippen LogP contribution >= 0.6 is 0 Å². The minimum atomic E-state index is -0.102. The predicted octanol–water partition coefficient (Wildman–Crippen LogP) is 6.56. The standard InChI is InChI=1S/C33H33N5O/c1-2-25-20-36-31-11-10-26(27-16-29(22-35-19-27)38-12-6-7-13-38)17-30(31)32(25)33(39)37-28-15-24(18-34-21-28)14-23-8-4-3-5-9-23/h3-5,8-11,15-19,21-22,36H,2,6-7,12-14,20H2,1H3,(H,37,39). The van der Waals surface area contributed by atoms with Gasteiger partial charge in [0.2, 0.25) is 0 Å². The molecule has 0 atom stereocenters. The van der Waals surface area contributed by atoms with Crippen LogP contribution in [0.15, 0.2) is 91.0 Å². The Kier molecular flexibility index (Phi) is 7.09. The topological polar surface area (TPSA) is 70.2 Å². The molecule has 0 saturated carbocycles. The average Bonchev–Trinajstić information content (AvgIpc) is 3.52. The van der Waals surface area contributed by atoms with Gasteiger partial charge in [0.05, 0.1) is 23.8 Å². The number of fused-ring (bicyclic) bond motifs is 1. The fourth-order valence-corrected chi connectivity index (χ4v) is 5.56. The Labute approximate surface area is 229 Å². The number of amides is 1. The van der Waals surface area contributed by atoms with E-state index in [0.717, 1.165) is 70.7 Å². The first-order chi connectivity index (χ1) is 19.2. The van der Waals surface area contributed by atoms with Crippen molar-refractivity contribution in [1.29, 1.82) is 0 Å². The van der Waals surface area contributed by atoms with Crippen LogP contribution in [0.2, 0.25) is 0 Å². The molecular weight excluding hydrogens is 482 g/mol. The van der Waals surface area contributed by atoms with Crippen molar-refractivity contribution in [2.24, 2.45) is 0 Å². The molecule has 6 nitrogen and oxygen atoms in total. The number of carbonyl (C=O) groups excluding carboxylic acids is 1. The van der Waals surface area contributed by atoms with Gasteiger partial charge in [-0.1, -0.05) is 43.3 Å². The second-order valence-corrected chi connectivity index (χ2v) is 10.3. The minimum absolute atomic E-state index is 0.102. The maximum absolute atomic E-state index is 13.8. The van der Waals surface area contributed by atoms with Gasteiger partial charge in [-0.25, -0.2) is 0 Å². The molecule has 0 bridgehead atoms. The van der Waals surface area contributed by atoms with Crippen molar-refractivity contribution in [3.63, 3.8) is 0 Å². The SMILES string of the molecule is CCC1=C(C(=O)Nc2cncc(Cc3ccccc3)c2)c2cc(-c3cncc(N4CCCC4)c3)ccc2NC1. The lowest BCUT2D eigenvalue weighted by Crippen LogP contribution is -2.22. The summed E-state index contributed by atoms with van der Waals surface area (Å²) >= 11 is 0. The van der Waals surface area contributed by atoms with Gasteiger partial charge >= 0.3 is 0 Å². The predicted molar refractivity (Wildman–Crippen MR) is 159 cm³/mol. The summed E-state index contributed by atoms with van der Waals surface area (Å²) in [6.45, 7) is 4.91. The number of hydrogen-bond acceptors (Lipinski definition) is 5. The van der Waals surface area contributed by atoms with E-state index in [1.807, 2.05) is 42.9 Å². The first kappa shape index (κ1) is 24.9. The minimum Gasteiger partial charge on any atom is -0.381 e. The molecule has 0 spiro atoms. The van der Waals surface area contributed by atoms with Gasteiger partial charge in [0.1, 0.15) is 0 Å².